The normalized spacial score (nSPS) is 11.1. The molecule has 28 heavy (non-hydrogen) atoms. The second kappa shape index (κ2) is 8.06. The van der Waals surface area contributed by atoms with E-state index < -0.39 is 0 Å². The van der Waals surface area contributed by atoms with Gasteiger partial charge in [-0.25, -0.2) is 9.97 Å². The van der Waals surface area contributed by atoms with E-state index >= 15 is 0 Å². The monoisotopic (exact) mass is 390 g/mol. The van der Waals surface area contributed by atoms with E-state index in [1.165, 1.54) is 6.33 Å². The van der Waals surface area contributed by atoms with Crippen LogP contribution in [0.15, 0.2) is 65.3 Å². The molecule has 0 atom stereocenters. The van der Waals surface area contributed by atoms with Crippen LogP contribution in [0.25, 0.3) is 21.3 Å². The lowest BCUT2D eigenvalue weighted by Gasteiger charge is -2.07. The molecule has 0 aliphatic rings. The van der Waals surface area contributed by atoms with Crippen LogP contribution in [0.5, 0.6) is 11.5 Å². The molecule has 6 nitrogen and oxygen atoms in total. The van der Waals surface area contributed by atoms with E-state index in [1.807, 2.05) is 36.4 Å². The first-order valence-electron chi connectivity index (χ1n) is 8.59. The third kappa shape index (κ3) is 3.52. The van der Waals surface area contributed by atoms with E-state index in [4.69, 9.17) is 9.47 Å². The Morgan fingerprint density at radius 3 is 2.68 bits per heavy atom. The Hall–Kier alpha value is -3.45. The Kier molecular flexibility index (Phi) is 5.16. The SMILES string of the molecule is COc1ccc(OC)c(/C=N\Nc2ncnc3scc(-c4ccccc4)c23)c1. The predicted molar refractivity (Wildman–Crippen MR) is 114 cm³/mol. The van der Waals surface area contributed by atoms with Gasteiger partial charge in [0.15, 0.2) is 5.82 Å². The molecule has 0 saturated carbocycles. The topological polar surface area (TPSA) is 68.6 Å². The molecule has 7 heteroatoms. The number of aromatic nitrogens is 2. The van der Waals surface area contributed by atoms with Crippen molar-refractivity contribution in [2.75, 3.05) is 19.6 Å². The summed E-state index contributed by atoms with van der Waals surface area (Å²) in [5, 5.41) is 7.41. The average molecular weight is 390 g/mol. The number of hydrazone groups is 1. The standard InChI is InChI=1S/C21H18N4O2S/c1-26-16-8-9-18(27-2)15(10-16)11-24-25-20-19-17(14-6-4-3-5-7-14)12-28-21(19)23-13-22-20/h3-13H,1-2H3,(H,22,23,25)/b24-11-. The van der Waals surface area contributed by atoms with Crippen molar-refractivity contribution in [3.8, 4) is 22.6 Å². The molecule has 0 radical (unpaired) electrons. The van der Waals surface area contributed by atoms with Crippen LogP contribution in [0.2, 0.25) is 0 Å². The fraction of sp³-hybridized carbons (Fsp3) is 0.0952. The van der Waals surface area contributed by atoms with Crippen LogP contribution in [-0.4, -0.2) is 30.4 Å². The van der Waals surface area contributed by atoms with E-state index in [9.17, 15) is 0 Å². The summed E-state index contributed by atoms with van der Waals surface area (Å²) in [6, 6.07) is 15.7. The number of ether oxygens (including phenoxy) is 2. The number of thiophene rings is 1. The number of nitrogens with one attached hydrogen (secondary N) is 1. The number of benzene rings is 2. The lowest BCUT2D eigenvalue weighted by molar-refractivity contribution is 0.402. The second-order valence-electron chi connectivity index (χ2n) is 5.90. The van der Waals surface area contributed by atoms with Gasteiger partial charge in [0.05, 0.1) is 25.8 Å². The van der Waals surface area contributed by atoms with Gasteiger partial charge in [-0.3, -0.25) is 5.43 Å². The van der Waals surface area contributed by atoms with Gasteiger partial charge in [-0.05, 0) is 23.8 Å². The van der Waals surface area contributed by atoms with Gasteiger partial charge in [0, 0.05) is 16.5 Å². The minimum absolute atomic E-state index is 0.656. The highest BCUT2D eigenvalue weighted by Gasteiger charge is 2.12. The molecular formula is C21H18N4O2S. The van der Waals surface area contributed by atoms with Gasteiger partial charge < -0.3 is 9.47 Å². The van der Waals surface area contributed by atoms with Gasteiger partial charge in [-0.15, -0.1) is 11.3 Å². The van der Waals surface area contributed by atoms with Gasteiger partial charge in [-0.2, -0.15) is 5.10 Å². The lowest BCUT2D eigenvalue weighted by atomic mass is 10.1. The van der Waals surface area contributed by atoms with Crippen molar-refractivity contribution in [3.63, 3.8) is 0 Å². The summed E-state index contributed by atoms with van der Waals surface area (Å²) in [4.78, 5) is 9.68. The lowest BCUT2D eigenvalue weighted by Crippen LogP contribution is -1.97. The zero-order chi connectivity index (χ0) is 19.3. The Bertz CT molecular complexity index is 1130. The Balaban J connectivity index is 1.68. The number of rotatable bonds is 6. The van der Waals surface area contributed by atoms with Crippen LogP contribution in [0.4, 0.5) is 5.82 Å². The van der Waals surface area contributed by atoms with Gasteiger partial charge in [-0.1, -0.05) is 30.3 Å². The number of hydrogen-bond donors (Lipinski definition) is 1. The first-order valence-corrected chi connectivity index (χ1v) is 9.47. The van der Waals surface area contributed by atoms with Gasteiger partial charge >= 0.3 is 0 Å². The Morgan fingerprint density at radius 1 is 1.04 bits per heavy atom. The first-order chi connectivity index (χ1) is 13.8. The van der Waals surface area contributed by atoms with Crippen molar-refractivity contribution < 1.29 is 9.47 Å². The van der Waals surface area contributed by atoms with Gasteiger partial charge in [0.2, 0.25) is 0 Å². The van der Waals surface area contributed by atoms with Crippen LogP contribution in [-0.2, 0) is 0 Å². The molecule has 0 saturated heterocycles. The smallest absolute Gasteiger partial charge is 0.159 e. The van der Waals surface area contributed by atoms with Crippen molar-refractivity contribution in [1.29, 1.82) is 0 Å². The summed E-state index contributed by atoms with van der Waals surface area (Å²) in [6.07, 6.45) is 3.22. The Morgan fingerprint density at radius 2 is 1.89 bits per heavy atom. The molecular weight excluding hydrogens is 372 g/mol. The minimum atomic E-state index is 0.656. The number of anilines is 1. The maximum Gasteiger partial charge on any atom is 0.159 e. The highest BCUT2D eigenvalue weighted by molar-refractivity contribution is 7.17. The van der Waals surface area contributed by atoms with Crippen molar-refractivity contribution in [3.05, 3.63) is 65.8 Å². The zero-order valence-corrected chi connectivity index (χ0v) is 16.2. The number of nitrogens with zero attached hydrogens (tertiary/aromatic N) is 3. The highest BCUT2D eigenvalue weighted by Crippen LogP contribution is 2.36. The molecule has 0 aliphatic heterocycles. The van der Waals surface area contributed by atoms with Crippen LogP contribution < -0.4 is 14.9 Å². The maximum atomic E-state index is 5.38. The number of hydrogen-bond acceptors (Lipinski definition) is 7. The van der Waals surface area contributed by atoms with E-state index in [0.29, 0.717) is 11.6 Å². The summed E-state index contributed by atoms with van der Waals surface area (Å²) in [5.41, 5.74) is 6.05. The largest absolute Gasteiger partial charge is 0.497 e. The van der Waals surface area contributed by atoms with E-state index in [1.54, 1.807) is 31.8 Å². The van der Waals surface area contributed by atoms with E-state index in [0.717, 1.165) is 32.7 Å². The van der Waals surface area contributed by atoms with Gasteiger partial charge in [0.1, 0.15) is 22.7 Å². The average Bonchev–Trinajstić information content (AvgIpc) is 3.19. The third-order valence-corrected chi connectivity index (χ3v) is 5.15. The number of methoxy groups -OCH3 is 2. The quantitative estimate of drug-likeness (QED) is 0.378. The summed E-state index contributed by atoms with van der Waals surface area (Å²) in [7, 11) is 3.25. The van der Waals surface area contributed by atoms with Crippen molar-refractivity contribution in [2.45, 2.75) is 0 Å². The molecule has 0 amide bonds. The Labute approximate surface area is 166 Å². The molecule has 4 aromatic rings. The second-order valence-corrected chi connectivity index (χ2v) is 6.75. The highest BCUT2D eigenvalue weighted by atomic mass is 32.1. The maximum absolute atomic E-state index is 5.38. The van der Waals surface area contributed by atoms with Crippen molar-refractivity contribution in [1.82, 2.24) is 9.97 Å². The van der Waals surface area contributed by atoms with Crippen molar-refractivity contribution >= 4 is 33.6 Å². The molecule has 2 aromatic heterocycles. The molecule has 0 bridgehead atoms. The summed E-state index contributed by atoms with van der Waals surface area (Å²) in [6.45, 7) is 0. The van der Waals surface area contributed by atoms with E-state index in [2.05, 4.69) is 38.0 Å². The first kappa shape index (κ1) is 17.9. The molecule has 1 N–H and O–H groups in total. The van der Waals surface area contributed by atoms with E-state index in [-0.39, 0.29) is 0 Å². The minimum Gasteiger partial charge on any atom is -0.497 e. The van der Waals surface area contributed by atoms with Crippen LogP contribution >= 0.6 is 11.3 Å². The summed E-state index contributed by atoms with van der Waals surface area (Å²) >= 11 is 1.58. The molecule has 4 rings (SSSR count). The molecule has 0 fully saturated rings. The van der Waals surface area contributed by atoms with Crippen LogP contribution in [0.3, 0.4) is 0 Å². The molecule has 2 heterocycles. The van der Waals surface area contributed by atoms with Crippen LogP contribution in [0.1, 0.15) is 5.56 Å². The summed E-state index contributed by atoms with van der Waals surface area (Å²) < 4.78 is 10.7. The zero-order valence-electron chi connectivity index (χ0n) is 15.4. The van der Waals surface area contributed by atoms with Crippen molar-refractivity contribution in [2.24, 2.45) is 5.10 Å². The molecule has 0 unspecified atom stereocenters. The van der Waals surface area contributed by atoms with Gasteiger partial charge in [0.25, 0.3) is 0 Å². The third-order valence-electron chi connectivity index (χ3n) is 4.27. The molecule has 0 spiro atoms. The molecule has 140 valence electrons. The predicted octanol–water partition coefficient (Wildman–Crippen LogP) is 4.82. The summed E-state index contributed by atoms with van der Waals surface area (Å²) in [5.74, 6) is 2.10. The van der Waals surface area contributed by atoms with Crippen LogP contribution in [0, 0.1) is 0 Å². The fourth-order valence-corrected chi connectivity index (χ4v) is 3.81. The molecule has 0 aliphatic carbocycles. The number of fused-ring (bicyclic) bond motifs is 1. The fourth-order valence-electron chi connectivity index (χ4n) is 2.89. The molecule has 2 aromatic carbocycles.